The third-order valence-electron chi connectivity index (χ3n) is 3.02. The van der Waals surface area contributed by atoms with Crippen molar-refractivity contribution < 1.29 is 19.4 Å². The molecule has 0 aliphatic heterocycles. The van der Waals surface area contributed by atoms with Crippen molar-refractivity contribution in [3.05, 3.63) is 24.3 Å². The Balaban J connectivity index is 1.92. The first kappa shape index (κ1) is 13.4. The molecule has 0 radical (unpaired) electrons. The summed E-state index contributed by atoms with van der Waals surface area (Å²) in [5.41, 5.74) is 0.634. The number of ether oxygens (including phenoxy) is 1. The molecule has 0 saturated heterocycles. The molecule has 1 amide bonds. The van der Waals surface area contributed by atoms with E-state index in [1.165, 1.54) is 0 Å². The van der Waals surface area contributed by atoms with Gasteiger partial charge in [-0.25, -0.2) is 0 Å². The van der Waals surface area contributed by atoms with E-state index in [0.717, 1.165) is 6.42 Å². The fourth-order valence-electron chi connectivity index (χ4n) is 1.88. The molecule has 5 nitrogen and oxygen atoms in total. The van der Waals surface area contributed by atoms with Gasteiger partial charge in [0.1, 0.15) is 5.75 Å². The average molecular weight is 263 g/mol. The van der Waals surface area contributed by atoms with Crippen LogP contribution in [0.1, 0.15) is 19.8 Å². The summed E-state index contributed by atoms with van der Waals surface area (Å²) in [6.45, 7) is 2.64. The predicted molar refractivity (Wildman–Crippen MR) is 70.1 cm³/mol. The summed E-state index contributed by atoms with van der Waals surface area (Å²) in [4.78, 5) is 22.5. The maximum atomic E-state index is 11.8. The zero-order valence-corrected chi connectivity index (χ0v) is 10.8. The van der Waals surface area contributed by atoms with Gasteiger partial charge in [0.2, 0.25) is 5.91 Å². The fraction of sp³-hybridized carbons (Fsp3) is 0.429. The molecule has 102 valence electrons. The fourth-order valence-corrected chi connectivity index (χ4v) is 1.88. The molecule has 0 unspecified atom stereocenters. The number of carboxylic acid groups (broad SMARTS) is 1. The highest BCUT2D eigenvalue weighted by Crippen LogP contribution is 2.39. The molecule has 1 aliphatic rings. The van der Waals surface area contributed by atoms with Gasteiger partial charge in [-0.1, -0.05) is 13.0 Å². The minimum Gasteiger partial charge on any atom is -0.494 e. The highest BCUT2D eigenvalue weighted by atomic mass is 16.5. The van der Waals surface area contributed by atoms with Crippen LogP contribution in [-0.2, 0) is 9.59 Å². The average Bonchev–Trinajstić information content (AvgIpc) is 3.17. The monoisotopic (exact) mass is 263 g/mol. The normalized spacial score (nSPS) is 20.7. The molecule has 0 spiro atoms. The van der Waals surface area contributed by atoms with E-state index in [2.05, 4.69) is 5.32 Å². The number of carbonyl (C=O) groups excluding carboxylic acids is 1. The smallest absolute Gasteiger partial charge is 0.307 e. The van der Waals surface area contributed by atoms with Crippen LogP contribution in [0.15, 0.2) is 24.3 Å². The lowest BCUT2D eigenvalue weighted by Crippen LogP contribution is -2.16. The van der Waals surface area contributed by atoms with Gasteiger partial charge in [0.05, 0.1) is 18.4 Å². The van der Waals surface area contributed by atoms with Crippen molar-refractivity contribution in [1.29, 1.82) is 0 Å². The summed E-state index contributed by atoms with van der Waals surface area (Å²) in [5, 5.41) is 11.5. The zero-order chi connectivity index (χ0) is 13.8. The number of aliphatic carboxylic acids is 1. The Bertz CT molecular complexity index is 486. The number of benzene rings is 1. The Hall–Kier alpha value is -2.04. The molecular formula is C14H17NO4. The second kappa shape index (κ2) is 5.73. The number of rotatable bonds is 6. The van der Waals surface area contributed by atoms with Crippen LogP contribution in [0.25, 0.3) is 0 Å². The van der Waals surface area contributed by atoms with Gasteiger partial charge in [0.15, 0.2) is 0 Å². The Kier molecular flexibility index (Phi) is 4.04. The Morgan fingerprint density at radius 1 is 1.42 bits per heavy atom. The topological polar surface area (TPSA) is 75.6 Å². The van der Waals surface area contributed by atoms with E-state index in [9.17, 15) is 9.59 Å². The Morgan fingerprint density at radius 2 is 2.21 bits per heavy atom. The van der Waals surface area contributed by atoms with E-state index >= 15 is 0 Å². The van der Waals surface area contributed by atoms with Gasteiger partial charge in [-0.2, -0.15) is 0 Å². The summed E-state index contributed by atoms with van der Waals surface area (Å²) in [7, 11) is 0. The number of hydrogen-bond donors (Lipinski definition) is 2. The first-order valence-corrected chi connectivity index (χ1v) is 6.38. The second-order valence-corrected chi connectivity index (χ2v) is 4.65. The first-order valence-electron chi connectivity index (χ1n) is 6.38. The molecule has 2 rings (SSSR count). The van der Waals surface area contributed by atoms with Crippen LogP contribution in [0.4, 0.5) is 5.69 Å². The largest absolute Gasteiger partial charge is 0.494 e. The van der Waals surface area contributed by atoms with Crippen molar-refractivity contribution in [3.8, 4) is 5.75 Å². The van der Waals surface area contributed by atoms with Crippen LogP contribution in [0.3, 0.4) is 0 Å². The minimum absolute atomic E-state index is 0.236. The summed E-state index contributed by atoms with van der Waals surface area (Å²) >= 11 is 0. The van der Waals surface area contributed by atoms with E-state index in [1.807, 2.05) is 13.0 Å². The van der Waals surface area contributed by atoms with Gasteiger partial charge >= 0.3 is 5.97 Å². The molecule has 1 aromatic rings. The standard InChI is InChI=1S/C14H17NO4/c1-2-6-19-10-5-3-4-9(7-10)15-13(16)11-8-12(11)14(17)18/h3-5,7,11-12H,2,6,8H2,1H3,(H,15,16)(H,17,18)/t11-,12+/m1/s1. The lowest BCUT2D eigenvalue weighted by molar-refractivity contribution is -0.139. The number of amides is 1. The maximum absolute atomic E-state index is 11.8. The van der Waals surface area contributed by atoms with Gasteiger partial charge in [0.25, 0.3) is 0 Å². The Morgan fingerprint density at radius 3 is 2.84 bits per heavy atom. The molecule has 1 aromatic carbocycles. The number of nitrogens with one attached hydrogen (secondary N) is 1. The predicted octanol–water partition coefficient (Wildman–Crippen LogP) is 2.13. The summed E-state index contributed by atoms with van der Waals surface area (Å²) in [6.07, 6.45) is 1.34. The second-order valence-electron chi connectivity index (χ2n) is 4.65. The van der Waals surface area contributed by atoms with Crippen molar-refractivity contribution in [3.63, 3.8) is 0 Å². The Labute approximate surface area is 111 Å². The van der Waals surface area contributed by atoms with Gasteiger partial charge in [0, 0.05) is 11.8 Å². The van der Waals surface area contributed by atoms with Crippen LogP contribution in [0.2, 0.25) is 0 Å². The molecular weight excluding hydrogens is 246 g/mol. The molecule has 5 heteroatoms. The molecule has 1 saturated carbocycles. The number of hydrogen-bond acceptors (Lipinski definition) is 3. The molecule has 0 bridgehead atoms. The third-order valence-corrected chi connectivity index (χ3v) is 3.02. The lowest BCUT2D eigenvalue weighted by atomic mass is 10.2. The SMILES string of the molecule is CCCOc1cccc(NC(=O)[C@@H]2C[C@@H]2C(=O)O)c1. The summed E-state index contributed by atoms with van der Waals surface area (Å²) in [6, 6.07) is 7.12. The molecule has 19 heavy (non-hydrogen) atoms. The third kappa shape index (κ3) is 3.47. The van der Waals surface area contributed by atoms with Crippen LogP contribution in [0.5, 0.6) is 5.75 Å². The van der Waals surface area contributed by atoms with Crippen LogP contribution < -0.4 is 10.1 Å². The summed E-state index contributed by atoms with van der Waals surface area (Å²) in [5.74, 6) is -1.37. The first-order chi connectivity index (χ1) is 9.11. The number of carboxylic acids is 1. The van der Waals surface area contributed by atoms with Crippen molar-refractivity contribution in [2.45, 2.75) is 19.8 Å². The maximum Gasteiger partial charge on any atom is 0.307 e. The zero-order valence-electron chi connectivity index (χ0n) is 10.8. The lowest BCUT2D eigenvalue weighted by Gasteiger charge is -2.08. The summed E-state index contributed by atoms with van der Waals surface area (Å²) < 4.78 is 5.47. The van der Waals surface area contributed by atoms with Crippen molar-refractivity contribution >= 4 is 17.6 Å². The highest BCUT2D eigenvalue weighted by Gasteiger charge is 2.48. The van der Waals surface area contributed by atoms with E-state index in [1.54, 1.807) is 18.2 Å². The number of anilines is 1. The minimum atomic E-state index is -0.903. The van der Waals surface area contributed by atoms with E-state index < -0.39 is 17.8 Å². The number of carbonyl (C=O) groups is 2. The van der Waals surface area contributed by atoms with E-state index in [0.29, 0.717) is 24.5 Å². The molecule has 1 fully saturated rings. The molecule has 2 atom stereocenters. The van der Waals surface area contributed by atoms with Gasteiger partial charge in [-0.15, -0.1) is 0 Å². The van der Waals surface area contributed by atoms with Crippen LogP contribution in [-0.4, -0.2) is 23.6 Å². The van der Waals surface area contributed by atoms with E-state index in [4.69, 9.17) is 9.84 Å². The van der Waals surface area contributed by atoms with Gasteiger partial charge in [-0.05, 0) is 25.0 Å². The van der Waals surface area contributed by atoms with Crippen molar-refractivity contribution in [2.24, 2.45) is 11.8 Å². The van der Waals surface area contributed by atoms with Crippen molar-refractivity contribution in [2.75, 3.05) is 11.9 Å². The molecule has 0 aromatic heterocycles. The molecule has 1 aliphatic carbocycles. The molecule has 2 N–H and O–H groups in total. The molecule has 0 heterocycles. The van der Waals surface area contributed by atoms with Crippen LogP contribution >= 0.6 is 0 Å². The van der Waals surface area contributed by atoms with Gasteiger partial charge < -0.3 is 15.2 Å². The quantitative estimate of drug-likeness (QED) is 0.824. The highest BCUT2D eigenvalue weighted by molar-refractivity contribution is 5.98. The van der Waals surface area contributed by atoms with Gasteiger partial charge in [-0.3, -0.25) is 9.59 Å². The van der Waals surface area contributed by atoms with Crippen LogP contribution in [0, 0.1) is 11.8 Å². The van der Waals surface area contributed by atoms with Crippen molar-refractivity contribution in [1.82, 2.24) is 0 Å². The van der Waals surface area contributed by atoms with E-state index in [-0.39, 0.29) is 5.91 Å².